The van der Waals surface area contributed by atoms with Crippen LogP contribution in [0.1, 0.15) is 42.3 Å². The van der Waals surface area contributed by atoms with Crippen molar-refractivity contribution in [2.24, 2.45) is 0 Å². The van der Waals surface area contributed by atoms with Crippen LogP contribution < -0.4 is 4.72 Å². The quantitative estimate of drug-likeness (QED) is 0.570. The molecular formula is C24H26N2O4S. The maximum atomic E-state index is 12.8. The van der Waals surface area contributed by atoms with Crippen molar-refractivity contribution in [2.75, 3.05) is 11.8 Å². The lowest BCUT2D eigenvalue weighted by molar-refractivity contribution is 0.0599. The Kier molecular flexibility index (Phi) is 6.18. The minimum atomic E-state index is -3.89. The first-order valence-electron chi connectivity index (χ1n) is 9.80. The SMILES string of the molecule is COC(=O)c1cc(S(=O)(=O)Nc2ccc(-c3ccc(C(C)(C)C)cc3)nc2)ccc1C. The van der Waals surface area contributed by atoms with Crippen LogP contribution in [0.3, 0.4) is 0 Å². The standard InChI is InChI=1S/C24H26N2O4S/c1-16-6-12-20(14-21(16)23(27)30-5)31(28,29)26-19-11-13-22(25-15-19)17-7-9-18(10-8-17)24(2,3)4/h6-15,26H,1-5H3. The Morgan fingerprint density at radius 1 is 1.00 bits per heavy atom. The van der Waals surface area contributed by atoms with Gasteiger partial charge in [-0.3, -0.25) is 9.71 Å². The molecule has 0 fully saturated rings. The Bertz CT molecular complexity index is 1190. The molecule has 1 N–H and O–H groups in total. The zero-order valence-electron chi connectivity index (χ0n) is 18.3. The van der Waals surface area contributed by atoms with Crippen molar-refractivity contribution in [3.05, 3.63) is 77.5 Å². The van der Waals surface area contributed by atoms with E-state index in [1.807, 2.05) is 12.1 Å². The average Bonchev–Trinajstić information content (AvgIpc) is 2.73. The van der Waals surface area contributed by atoms with E-state index in [4.69, 9.17) is 4.74 Å². The topological polar surface area (TPSA) is 85.4 Å². The number of nitrogens with zero attached hydrogens (tertiary/aromatic N) is 1. The minimum Gasteiger partial charge on any atom is -0.465 e. The van der Waals surface area contributed by atoms with E-state index in [0.717, 1.165) is 11.3 Å². The van der Waals surface area contributed by atoms with Gasteiger partial charge in [-0.1, -0.05) is 51.1 Å². The lowest BCUT2D eigenvalue weighted by atomic mass is 9.86. The zero-order valence-corrected chi connectivity index (χ0v) is 19.1. The summed E-state index contributed by atoms with van der Waals surface area (Å²) >= 11 is 0. The third-order valence-electron chi connectivity index (χ3n) is 4.99. The number of benzene rings is 2. The highest BCUT2D eigenvalue weighted by Gasteiger charge is 2.19. The van der Waals surface area contributed by atoms with E-state index < -0.39 is 16.0 Å². The summed E-state index contributed by atoms with van der Waals surface area (Å²) in [6.07, 6.45) is 1.47. The van der Waals surface area contributed by atoms with Gasteiger partial charge in [0.15, 0.2) is 0 Å². The summed E-state index contributed by atoms with van der Waals surface area (Å²) in [4.78, 5) is 16.2. The van der Waals surface area contributed by atoms with Gasteiger partial charge in [0.2, 0.25) is 0 Å². The Hall–Kier alpha value is -3.19. The van der Waals surface area contributed by atoms with Crippen molar-refractivity contribution < 1.29 is 17.9 Å². The van der Waals surface area contributed by atoms with Crippen molar-refractivity contribution in [1.82, 2.24) is 4.98 Å². The number of esters is 1. The first-order valence-corrected chi connectivity index (χ1v) is 11.3. The summed E-state index contributed by atoms with van der Waals surface area (Å²) in [6, 6.07) is 15.9. The van der Waals surface area contributed by atoms with Gasteiger partial charge in [0.1, 0.15) is 0 Å². The fraction of sp³-hybridized carbons (Fsp3) is 0.250. The lowest BCUT2D eigenvalue weighted by Gasteiger charge is -2.19. The number of sulfonamides is 1. The molecule has 0 atom stereocenters. The average molecular weight is 439 g/mol. The highest BCUT2D eigenvalue weighted by molar-refractivity contribution is 7.92. The van der Waals surface area contributed by atoms with Gasteiger partial charge >= 0.3 is 5.97 Å². The zero-order chi connectivity index (χ0) is 22.8. The Labute approximate surface area is 183 Å². The van der Waals surface area contributed by atoms with E-state index in [9.17, 15) is 13.2 Å². The van der Waals surface area contributed by atoms with Crippen molar-refractivity contribution >= 4 is 21.7 Å². The van der Waals surface area contributed by atoms with E-state index in [0.29, 0.717) is 11.3 Å². The van der Waals surface area contributed by atoms with Crippen molar-refractivity contribution in [3.8, 4) is 11.3 Å². The van der Waals surface area contributed by atoms with Gasteiger partial charge in [0, 0.05) is 5.56 Å². The number of ether oxygens (including phenoxy) is 1. The highest BCUT2D eigenvalue weighted by atomic mass is 32.2. The van der Waals surface area contributed by atoms with Gasteiger partial charge < -0.3 is 4.74 Å². The van der Waals surface area contributed by atoms with Gasteiger partial charge in [-0.05, 0) is 47.7 Å². The molecule has 0 saturated carbocycles. The summed E-state index contributed by atoms with van der Waals surface area (Å²) in [5.74, 6) is -0.585. The minimum absolute atomic E-state index is 0.0275. The Balaban J connectivity index is 1.81. The number of carbonyl (C=O) groups excluding carboxylic acids is 1. The van der Waals surface area contributed by atoms with Gasteiger partial charge in [-0.15, -0.1) is 0 Å². The molecule has 7 heteroatoms. The van der Waals surface area contributed by atoms with Gasteiger partial charge in [0.05, 0.1) is 35.1 Å². The van der Waals surface area contributed by atoms with E-state index in [1.165, 1.54) is 31.0 Å². The smallest absolute Gasteiger partial charge is 0.338 e. The molecule has 6 nitrogen and oxygen atoms in total. The molecule has 31 heavy (non-hydrogen) atoms. The van der Waals surface area contributed by atoms with Gasteiger partial charge in [0.25, 0.3) is 10.0 Å². The third-order valence-corrected chi connectivity index (χ3v) is 6.37. The third kappa shape index (κ3) is 5.11. The molecule has 3 rings (SSSR count). The molecule has 1 aromatic heterocycles. The number of hydrogen-bond donors (Lipinski definition) is 1. The highest BCUT2D eigenvalue weighted by Crippen LogP contribution is 2.26. The lowest BCUT2D eigenvalue weighted by Crippen LogP contribution is -2.14. The maximum absolute atomic E-state index is 12.8. The number of pyridine rings is 1. The van der Waals surface area contributed by atoms with Crippen molar-refractivity contribution in [3.63, 3.8) is 0 Å². The largest absolute Gasteiger partial charge is 0.465 e. The van der Waals surface area contributed by atoms with Crippen LogP contribution in [0.4, 0.5) is 5.69 Å². The van der Waals surface area contributed by atoms with E-state index in [2.05, 4.69) is 42.6 Å². The molecule has 162 valence electrons. The second-order valence-corrected chi connectivity index (χ2v) is 10.0. The number of aryl methyl sites for hydroxylation is 1. The number of methoxy groups -OCH3 is 1. The van der Waals surface area contributed by atoms with Crippen LogP contribution >= 0.6 is 0 Å². The van der Waals surface area contributed by atoms with Gasteiger partial charge in [-0.25, -0.2) is 13.2 Å². The number of anilines is 1. The molecule has 0 amide bonds. The summed E-state index contributed by atoms with van der Waals surface area (Å²) in [7, 11) is -2.64. The molecule has 0 aliphatic carbocycles. The second-order valence-electron chi connectivity index (χ2n) is 8.33. The monoisotopic (exact) mass is 438 g/mol. The van der Waals surface area contributed by atoms with E-state index >= 15 is 0 Å². The molecule has 0 aliphatic rings. The molecule has 0 bridgehead atoms. The number of carbonyl (C=O) groups is 1. The molecule has 2 aromatic carbocycles. The van der Waals surface area contributed by atoms with Crippen LogP contribution in [0.5, 0.6) is 0 Å². The van der Waals surface area contributed by atoms with Crippen LogP contribution in [0.2, 0.25) is 0 Å². The molecular weight excluding hydrogens is 412 g/mol. The maximum Gasteiger partial charge on any atom is 0.338 e. The fourth-order valence-electron chi connectivity index (χ4n) is 3.08. The van der Waals surface area contributed by atoms with Gasteiger partial charge in [-0.2, -0.15) is 0 Å². The van der Waals surface area contributed by atoms with E-state index in [1.54, 1.807) is 25.1 Å². The second kappa shape index (κ2) is 8.51. The predicted octanol–water partition coefficient (Wildman–Crippen LogP) is 4.94. The molecule has 0 spiro atoms. The summed E-state index contributed by atoms with van der Waals surface area (Å²) in [6.45, 7) is 8.18. The van der Waals surface area contributed by atoms with Crippen LogP contribution in [-0.2, 0) is 20.2 Å². The van der Waals surface area contributed by atoms with Crippen LogP contribution in [-0.4, -0.2) is 26.5 Å². The number of nitrogens with one attached hydrogen (secondary N) is 1. The summed E-state index contributed by atoms with van der Waals surface area (Å²) in [5, 5.41) is 0. The first kappa shape index (κ1) is 22.5. The normalized spacial score (nSPS) is 11.8. The summed E-state index contributed by atoms with van der Waals surface area (Å²) < 4.78 is 32.8. The Morgan fingerprint density at radius 2 is 1.68 bits per heavy atom. The number of aromatic nitrogens is 1. The Morgan fingerprint density at radius 3 is 2.23 bits per heavy atom. The predicted molar refractivity (Wildman–Crippen MR) is 122 cm³/mol. The van der Waals surface area contributed by atoms with Crippen molar-refractivity contribution in [1.29, 1.82) is 0 Å². The first-order chi connectivity index (χ1) is 14.5. The molecule has 1 heterocycles. The summed E-state index contributed by atoms with van der Waals surface area (Å²) in [5.41, 5.74) is 4.15. The van der Waals surface area contributed by atoms with Crippen LogP contribution in [0.15, 0.2) is 65.7 Å². The number of hydrogen-bond acceptors (Lipinski definition) is 5. The number of rotatable bonds is 5. The van der Waals surface area contributed by atoms with E-state index in [-0.39, 0.29) is 15.9 Å². The molecule has 0 aliphatic heterocycles. The molecule has 3 aromatic rings. The molecule has 0 radical (unpaired) electrons. The molecule has 0 unspecified atom stereocenters. The molecule has 0 saturated heterocycles. The fourth-order valence-corrected chi connectivity index (χ4v) is 4.15. The van der Waals surface area contributed by atoms with Crippen LogP contribution in [0, 0.1) is 6.92 Å². The van der Waals surface area contributed by atoms with Crippen LogP contribution in [0.25, 0.3) is 11.3 Å². The van der Waals surface area contributed by atoms with Crippen molar-refractivity contribution in [2.45, 2.75) is 38.0 Å².